The van der Waals surface area contributed by atoms with E-state index in [0.29, 0.717) is 22.9 Å². The average Bonchev–Trinajstić information content (AvgIpc) is 3.12. The van der Waals surface area contributed by atoms with Crippen LogP contribution in [-0.2, 0) is 11.2 Å². The number of halogens is 1. The van der Waals surface area contributed by atoms with E-state index in [0.717, 1.165) is 30.5 Å². The van der Waals surface area contributed by atoms with Gasteiger partial charge < -0.3 is 14.4 Å². The molecule has 3 rings (SSSR count). The maximum atomic E-state index is 12.8. The topological polar surface area (TPSA) is 38.8 Å². The molecule has 0 unspecified atom stereocenters. The molecule has 1 amide bonds. The Morgan fingerprint density at radius 3 is 2.52 bits per heavy atom. The molecule has 1 saturated heterocycles. The Morgan fingerprint density at radius 1 is 1.12 bits per heavy atom. The number of rotatable bonds is 5. The molecular weight excluding hydrogens is 338 g/mol. The van der Waals surface area contributed by atoms with Crippen LogP contribution in [0.5, 0.6) is 11.5 Å². The van der Waals surface area contributed by atoms with E-state index in [2.05, 4.69) is 0 Å². The lowest BCUT2D eigenvalue weighted by Gasteiger charge is -2.25. The second kappa shape index (κ2) is 7.79. The number of benzene rings is 2. The fourth-order valence-electron chi connectivity index (χ4n) is 3.36. The summed E-state index contributed by atoms with van der Waals surface area (Å²) in [7, 11) is 3.20. The van der Waals surface area contributed by atoms with Crippen molar-refractivity contribution in [2.75, 3.05) is 20.8 Å². The summed E-state index contributed by atoms with van der Waals surface area (Å²) in [4.78, 5) is 14.8. The molecule has 1 heterocycles. The van der Waals surface area contributed by atoms with Crippen LogP contribution >= 0.6 is 11.6 Å². The summed E-state index contributed by atoms with van der Waals surface area (Å²) in [5.74, 6) is 1.44. The average molecular weight is 360 g/mol. The molecule has 0 bridgehead atoms. The van der Waals surface area contributed by atoms with Crippen LogP contribution in [0.1, 0.15) is 30.0 Å². The molecule has 2 aromatic rings. The van der Waals surface area contributed by atoms with E-state index in [-0.39, 0.29) is 11.9 Å². The summed E-state index contributed by atoms with van der Waals surface area (Å²) in [5, 5.41) is 0.713. The highest BCUT2D eigenvalue weighted by Gasteiger charge is 2.29. The van der Waals surface area contributed by atoms with E-state index in [4.69, 9.17) is 21.1 Å². The van der Waals surface area contributed by atoms with E-state index < -0.39 is 0 Å². The third kappa shape index (κ3) is 3.90. The smallest absolute Gasteiger partial charge is 0.227 e. The van der Waals surface area contributed by atoms with Gasteiger partial charge in [0.25, 0.3) is 0 Å². The SMILES string of the molecule is COc1ccc(CC(=O)N2CCC[C@H]2c2ccc(Cl)cc2)cc1OC. The van der Waals surface area contributed by atoms with Gasteiger partial charge in [0, 0.05) is 11.6 Å². The second-order valence-corrected chi connectivity index (χ2v) is 6.60. The molecule has 0 aromatic heterocycles. The maximum Gasteiger partial charge on any atom is 0.227 e. The Kier molecular flexibility index (Phi) is 5.49. The van der Waals surface area contributed by atoms with Gasteiger partial charge >= 0.3 is 0 Å². The van der Waals surface area contributed by atoms with Crippen LogP contribution in [-0.4, -0.2) is 31.6 Å². The summed E-state index contributed by atoms with van der Waals surface area (Å²) in [5.41, 5.74) is 2.06. The summed E-state index contributed by atoms with van der Waals surface area (Å²) >= 11 is 5.98. The van der Waals surface area contributed by atoms with Gasteiger partial charge in [0.05, 0.1) is 26.7 Å². The zero-order valence-corrected chi connectivity index (χ0v) is 15.3. The van der Waals surface area contributed by atoms with Gasteiger partial charge in [-0.15, -0.1) is 0 Å². The molecule has 0 spiro atoms. The Bertz CT molecular complexity index is 745. The first-order chi connectivity index (χ1) is 12.1. The Morgan fingerprint density at radius 2 is 1.84 bits per heavy atom. The summed E-state index contributed by atoms with van der Waals surface area (Å²) in [6.45, 7) is 0.791. The fraction of sp³-hybridized carbons (Fsp3) is 0.350. The molecule has 4 nitrogen and oxygen atoms in total. The van der Waals surface area contributed by atoms with Gasteiger partial charge in [-0.25, -0.2) is 0 Å². The summed E-state index contributed by atoms with van der Waals surface area (Å²) < 4.78 is 10.6. The van der Waals surface area contributed by atoms with Crippen molar-refractivity contribution in [1.29, 1.82) is 0 Å². The highest BCUT2D eigenvalue weighted by molar-refractivity contribution is 6.30. The van der Waals surface area contributed by atoms with E-state index in [9.17, 15) is 4.79 Å². The lowest BCUT2D eigenvalue weighted by molar-refractivity contribution is -0.131. The van der Waals surface area contributed by atoms with Gasteiger partial charge in [-0.3, -0.25) is 4.79 Å². The number of hydrogen-bond acceptors (Lipinski definition) is 3. The first-order valence-corrected chi connectivity index (χ1v) is 8.76. The standard InChI is InChI=1S/C20H22ClNO3/c1-24-18-10-5-14(12-19(18)25-2)13-20(23)22-11-3-4-17(22)15-6-8-16(21)9-7-15/h5-10,12,17H,3-4,11,13H2,1-2H3/t17-/m0/s1. The van der Waals surface area contributed by atoms with Gasteiger partial charge in [-0.1, -0.05) is 29.8 Å². The number of methoxy groups -OCH3 is 2. The Hall–Kier alpha value is -2.20. The number of ether oxygens (including phenoxy) is 2. The zero-order valence-electron chi connectivity index (χ0n) is 14.5. The minimum atomic E-state index is 0.129. The van der Waals surface area contributed by atoms with Gasteiger partial charge in [0.15, 0.2) is 11.5 Å². The van der Waals surface area contributed by atoms with Crippen molar-refractivity contribution >= 4 is 17.5 Å². The molecule has 1 fully saturated rings. The largest absolute Gasteiger partial charge is 0.493 e. The van der Waals surface area contributed by atoms with Crippen molar-refractivity contribution in [3.05, 3.63) is 58.6 Å². The Labute approximate surface area is 153 Å². The number of carbonyl (C=O) groups is 1. The zero-order chi connectivity index (χ0) is 17.8. The van der Waals surface area contributed by atoms with Crippen LogP contribution in [0.25, 0.3) is 0 Å². The summed E-state index contributed by atoms with van der Waals surface area (Å²) in [6, 6.07) is 13.5. The van der Waals surface area contributed by atoms with Crippen LogP contribution in [0.2, 0.25) is 5.02 Å². The molecule has 5 heteroatoms. The molecule has 1 aliphatic heterocycles. The second-order valence-electron chi connectivity index (χ2n) is 6.16. The number of carbonyl (C=O) groups excluding carboxylic acids is 1. The third-order valence-corrected chi connectivity index (χ3v) is 4.88. The molecule has 132 valence electrons. The molecule has 25 heavy (non-hydrogen) atoms. The number of nitrogens with zero attached hydrogens (tertiary/aromatic N) is 1. The highest BCUT2D eigenvalue weighted by atomic mass is 35.5. The molecule has 0 N–H and O–H groups in total. The molecular formula is C20H22ClNO3. The minimum Gasteiger partial charge on any atom is -0.493 e. The van der Waals surface area contributed by atoms with Crippen molar-refractivity contribution in [3.63, 3.8) is 0 Å². The van der Waals surface area contributed by atoms with Crippen LogP contribution in [0.15, 0.2) is 42.5 Å². The Balaban J connectivity index is 1.75. The highest BCUT2D eigenvalue weighted by Crippen LogP contribution is 2.33. The maximum absolute atomic E-state index is 12.8. The fourth-order valence-corrected chi connectivity index (χ4v) is 3.49. The van der Waals surface area contributed by atoms with Crippen molar-refractivity contribution < 1.29 is 14.3 Å². The lowest BCUT2D eigenvalue weighted by Crippen LogP contribution is -2.31. The summed E-state index contributed by atoms with van der Waals surface area (Å²) in [6.07, 6.45) is 2.36. The van der Waals surface area contributed by atoms with E-state index >= 15 is 0 Å². The van der Waals surface area contributed by atoms with Crippen molar-refractivity contribution in [2.45, 2.75) is 25.3 Å². The molecule has 0 aliphatic carbocycles. The van der Waals surface area contributed by atoms with Crippen molar-refractivity contribution in [1.82, 2.24) is 4.90 Å². The van der Waals surface area contributed by atoms with Crippen molar-refractivity contribution in [3.8, 4) is 11.5 Å². The van der Waals surface area contributed by atoms with E-state index in [1.54, 1.807) is 14.2 Å². The molecule has 2 aromatic carbocycles. The van der Waals surface area contributed by atoms with Crippen LogP contribution in [0.3, 0.4) is 0 Å². The number of hydrogen-bond donors (Lipinski definition) is 0. The van der Waals surface area contributed by atoms with Gasteiger partial charge in [0.1, 0.15) is 0 Å². The number of amides is 1. The molecule has 0 radical (unpaired) electrons. The first-order valence-electron chi connectivity index (χ1n) is 8.38. The predicted octanol–water partition coefficient (Wildman–Crippen LogP) is 4.26. The number of likely N-dealkylation sites (tertiary alicyclic amines) is 1. The normalized spacial score (nSPS) is 16.8. The monoisotopic (exact) mass is 359 g/mol. The van der Waals surface area contributed by atoms with E-state index in [1.165, 1.54) is 0 Å². The van der Waals surface area contributed by atoms with Crippen LogP contribution in [0.4, 0.5) is 0 Å². The van der Waals surface area contributed by atoms with Gasteiger partial charge in [0.2, 0.25) is 5.91 Å². The molecule has 0 saturated carbocycles. The van der Waals surface area contributed by atoms with Gasteiger partial charge in [-0.2, -0.15) is 0 Å². The third-order valence-electron chi connectivity index (χ3n) is 4.63. The first kappa shape index (κ1) is 17.6. The quantitative estimate of drug-likeness (QED) is 0.800. The minimum absolute atomic E-state index is 0.129. The molecule has 1 atom stereocenters. The van der Waals surface area contributed by atoms with Crippen molar-refractivity contribution in [2.24, 2.45) is 0 Å². The van der Waals surface area contributed by atoms with Crippen LogP contribution in [0, 0.1) is 0 Å². The van der Waals surface area contributed by atoms with Crippen LogP contribution < -0.4 is 9.47 Å². The van der Waals surface area contributed by atoms with E-state index in [1.807, 2.05) is 47.4 Å². The molecule has 1 aliphatic rings. The lowest BCUT2D eigenvalue weighted by atomic mass is 10.0. The predicted molar refractivity (Wildman–Crippen MR) is 98.4 cm³/mol. The van der Waals surface area contributed by atoms with Gasteiger partial charge in [-0.05, 0) is 48.2 Å².